The standard InChI is InChI=1S/C25H30ClN3O/c1-29(2)25(20-6-4-3-5-7-20)21-12-8-19(9-13-21)17-24-27-23(28-30-24)16-18-10-14-22(26)15-11-18/h3-7,10-11,14-15,19,21,25H,8-9,12-13,16-17H2,1-2H3. The topological polar surface area (TPSA) is 42.2 Å². The summed E-state index contributed by atoms with van der Waals surface area (Å²) in [5.74, 6) is 2.85. The molecular formula is C25H30ClN3O. The smallest absolute Gasteiger partial charge is 0.226 e. The highest BCUT2D eigenvalue weighted by molar-refractivity contribution is 6.30. The largest absolute Gasteiger partial charge is 0.339 e. The van der Waals surface area contributed by atoms with Crippen LogP contribution >= 0.6 is 11.6 Å². The predicted octanol–water partition coefficient (Wildman–Crippen LogP) is 5.97. The third kappa shape index (κ3) is 5.30. The number of benzene rings is 2. The Labute approximate surface area is 184 Å². The molecule has 1 heterocycles. The van der Waals surface area contributed by atoms with E-state index in [1.165, 1.54) is 31.2 Å². The van der Waals surface area contributed by atoms with E-state index in [4.69, 9.17) is 16.1 Å². The molecule has 4 rings (SSSR count). The Morgan fingerprint density at radius 1 is 1.00 bits per heavy atom. The monoisotopic (exact) mass is 423 g/mol. The van der Waals surface area contributed by atoms with Crippen LogP contribution in [0.3, 0.4) is 0 Å². The van der Waals surface area contributed by atoms with Crippen molar-refractivity contribution in [3.05, 3.63) is 82.5 Å². The first-order chi connectivity index (χ1) is 14.6. The van der Waals surface area contributed by atoms with Gasteiger partial charge in [0.05, 0.1) is 0 Å². The van der Waals surface area contributed by atoms with E-state index in [9.17, 15) is 0 Å². The minimum absolute atomic E-state index is 0.488. The molecule has 0 amide bonds. The number of halogens is 1. The van der Waals surface area contributed by atoms with Crippen LogP contribution in [0.1, 0.15) is 54.6 Å². The van der Waals surface area contributed by atoms with Crippen molar-refractivity contribution in [2.24, 2.45) is 11.8 Å². The first kappa shape index (κ1) is 21.1. The molecule has 0 saturated heterocycles. The van der Waals surface area contributed by atoms with Crippen LogP contribution in [0.5, 0.6) is 0 Å². The van der Waals surface area contributed by atoms with E-state index in [1.54, 1.807) is 0 Å². The van der Waals surface area contributed by atoms with Crippen molar-refractivity contribution in [3.63, 3.8) is 0 Å². The highest BCUT2D eigenvalue weighted by Gasteiger charge is 2.30. The minimum Gasteiger partial charge on any atom is -0.339 e. The second-order valence-corrected chi connectivity index (χ2v) is 9.15. The van der Waals surface area contributed by atoms with Gasteiger partial charge in [0.15, 0.2) is 5.82 Å². The zero-order valence-electron chi connectivity index (χ0n) is 17.8. The number of aromatic nitrogens is 2. The van der Waals surface area contributed by atoms with Gasteiger partial charge in [-0.25, -0.2) is 0 Å². The summed E-state index contributed by atoms with van der Waals surface area (Å²) in [6.45, 7) is 0. The lowest BCUT2D eigenvalue weighted by Gasteiger charge is -2.37. The van der Waals surface area contributed by atoms with Crippen molar-refractivity contribution < 1.29 is 4.52 Å². The fourth-order valence-corrected chi connectivity index (χ4v) is 4.95. The van der Waals surface area contributed by atoms with Crippen molar-refractivity contribution >= 4 is 11.6 Å². The third-order valence-electron chi connectivity index (χ3n) is 6.28. The molecule has 1 aliphatic carbocycles. The van der Waals surface area contributed by atoms with E-state index in [0.29, 0.717) is 24.3 Å². The fourth-order valence-electron chi connectivity index (χ4n) is 4.83. The first-order valence-electron chi connectivity index (χ1n) is 10.9. The highest BCUT2D eigenvalue weighted by atomic mass is 35.5. The molecule has 30 heavy (non-hydrogen) atoms. The van der Waals surface area contributed by atoms with Crippen molar-refractivity contribution in [2.45, 2.75) is 44.6 Å². The normalized spacial score (nSPS) is 20.4. The van der Waals surface area contributed by atoms with E-state index < -0.39 is 0 Å². The number of hydrogen-bond acceptors (Lipinski definition) is 4. The summed E-state index contributed by atoms with van der Waals surface area (Å²) in [6.07, 6.45) is 6.49. The van der Waals surface area contributed by atoms with Gasteiger partial charge >= 0.3 is 0 Å². The molecule has 0 aliphatic heterocycles. The SMILES string of the molecule is CN(C)C(c1ccccc1)C1CCC(Cc2nc(Cc3ccc(Cl)cc3)no2)CC1. The lowest BCUT2D eigenvalue weighted by molar-refractivity contribution is 0.146. The average molecular weight is 424 g/mol. The zero-order valence-corrected chi connectivity index (χ0v) is 18.6. The summed E-state index contributed by atoms with van der Waals surface area (Å²) in [5.41, 5.74) is 2.57. The fraction of sp³-hybridized carbons (Fsp3) is 0.440. The molecule has 1 atom stereocenters. The van der Waals surface area contributed by atoms with Crippen LogP contribution in [-0.2, 0) is 12.8 Å². The Bertz CT molecular complexity index is 915. The van der Waals surface area contributed by atoms with Crippen molar-refractivity contribution in [1.29, 1.82) is 0 Å². The molecule has 5 heteroatoms. The molecule has 1 aliphatic rings. The molecule has 0 N–H and O–H groups in total. The summed E-state index contributed by atoms with van der Waals surface area (Å²) in [5, 5.41) is 4.92. The molecule has 2 aromatic carbocycles. The molecule has 1 aromatic heterocycles. The van der Waals surface area contributed by atoms with Crippen LogP contribution in [-0.4, -0.2) is 29.1 Å². The van der Waals surface area contributed by atoms with E-state index in [1.807, 2.05) is 24.3 Å². The maximum Gasteiger partial charge on any atom is 0.226 e. The first-order valence-corrected chi connectivity index (χ1v) is 11.2. The molecule has 0 radical (unpaired) electrons. The van der Waals surface area contributed by atoms with E-state index in [0.717, 1.165) is 28.7 Å². The predicted molar refractivity (Wildman–Crippen MR) is 121 cm³/mol. The lowest BCUT2D eigenvalue weighted by Crippen LogP contribution is -2.30. The van der Waals surface area contributed by atoms with Crippen molar-refractivity contribution in [1.82, 2.24) is 15.0 Å². The molecular weight excluding hydrogens is 394 g/mol. The van der Waals surface area contributed by atoms with Gasteiger partial charge in [0.25, 0.3) is 0 Å². The molecule has 0 bridgehead atoms. The molecule has 3 aromatic rings. The van der Waals surface area contributed by atoms with E-state index >= 15 is 0 Å². The van der Waals surface area contributed by atoms with Gasteiger partial charge < -0.3 is 9.42 Å². The van der Waals surface area contributed by atoms with E-state index in [2.05, 4.69) is 59.5 Å². The summed E-state index contributed by atoms with van der Waals surface area (Å²) < 4.78 is 5.55. The number of hydrogen-bond donors (Lipinski definition) is 0. The van der Waals surface area contributed by atoms with Crippen molar-refractivity contribution in [2.75, 3.05) is 14.1 Å². The lowest BCUT2D eigenvalue weighted by atomic mass is 9.75. The average Bonchev–Trinajstić information content (AvgIpc) is 3.18. The van der Waals surface area contributed by atoms with Gasteiger partial charge in [0.2, 0.25) is 5.89 Å². The molecule has 0 spiro atoms. The van der Waals surface area contributed by atoms with Gasteiger partial charge in [-0.15, -0.1) is 0 Å². The highest BCUT2D eigenvalue weighted by Crippen LogP contribution is 2.40. The van der Waals surface area contributed by atoms with Gasteiger partial charge in [-0.1, -0.05) is 59.2 Å². The van der Waals surface area contributed by atoms with Crippen LogP contribution in [0.2, 0.25) is 5.02 Å². The Hall–Kier alpha value is -2.17. The molecule has 1 unspecified atom stereocenters. The van der Waals surface area contributed by atoms with Gasteiger partial charge in [0.1, 0.15) is 0 Å². The van der Waals surface area contributed by atoms with Crippen LogP contribution < -0.4 is 0 Å². The minimum atomic E-state index is 0.488. The maximum absolute atomic E-state index is 5.96. The zero-order chi connectivity index (χ0) is 20.9. The third-order valence-corrected chi connectivity index (χ3v) is 6.54. The van der Waals surface area contributed by atoms with E-state index in [-0.39, 0.29) is 0 Å². The summed E-state index contributed by atoms with van der Waals surface area (Å²) >= 11 is 5.96. The van der Waals surface area contributed by atoms with Crippen LogP contribution in [0.25, 0.3) is 0 Å². The second kappa shape index (κ2) is 9.76. The number of rotatable bonds is 7. The van der Waals surface area contributed by atoms with Gasteiger partial charge in [-0.05, 0) is 74.9 Å². The van der Waals surface area contributed by atoms with Gasteiger partial charge in [0, 0.05) is 23.9 Å². The molecule has 158 valence electrons. The van der Waals surface area contributed by atoms with Gasteiger partial charge in [-0.3, -0.25) is 0 Å². The Kier molecular flexibility index (Phi) is 6.86. The summed E-state index contributed by atoms with van der Waals surface area (Å²) in [7, 11) is 4.40. The Morgan fingerprint density at radius 2 is 1.70 bits per heavy atom. The molecule has 1 saturated carbocycles. The quantitative estimate of drug-likeness (QED) is 0.469. The number of nitrogens with zero attached hydrogens (tertiary/aromatic N) is 3. The molecule has 4 nitrogen and oxygen atoms in total. The summed E-state index contributed by atoms with van der Waals surface area (Å²) in [6, 6.07) is 19.2. The Balaban J connectivity index is 1.31. The maximum atomic E-state index is 5.96. The van der Waals surface area contributed by atoms with Crippen molar-refractivity contribution in [3.8, 4) is 0 Å². The van der Waals surface area contributed by atoms with Gasteiger partial charge in [-0.2, -0.15) is 4.98 Å². The Morgan fingerprint density at radius 3 is 2.37 bits per heavy atom. The molecule has 1 fully saturated rings. The van der Waals surface area contributed by atoms with Crippen LogP contribution in [0.15, 0.2) is 59.1 Å². The second-order valence-electron chi connectivity index (χ2n) is 8.71. The van der Waals surface area contributed by atoms with Crippen LogP contribution in [0.4, 0.5) is 0 Å². The summed E-state index contributed by atoms with van der Waals surface area (Å²) in [4.78, 5) is 7.01. The van der Waals surface area contributed by atoms with Crippen LogP contribution in [0, 0.1) is 11.8 Å².